The van der Waals surface area contributed by atoms with Crippen LogP contribution in [0.15, 0.2) is 47.8 Å². The van der Waals surface area contributed by atoms with E-state index in [1.165, 1.54) is 4.90 Å². The van der Waals surface area contributed by atoms with Crippen molar-refractivity contribution in [1.82, 2.24) is 29.8 Å². The Morgan fingerprint density at radius 3 is 2.86 bits per heavy atom. The number of nitrogens with zero attached hydrogens (tertiary/aromatic N) is 6. The van der Waals surface area contributed by atoms with Crippen LogP contribution in [0.3, 0.4) is 0 Å². The average molecular weight is 415 g/mol. The molecule has 0 bridgehead atoms. The molecule has 3 aromatic rings. The van der Waals surface area contributed by atoms with Crippen molar-refractivity contribution in [1.29, 1.82) is 0 Å². The van der Waals surface area contributed by atoms with E-state index in [9.17, 15) is 9.59 Å². The van der Waals surface area contributed by atoms with E-state index >= 15 is 0 Å². The molecular weight excluding hydrogens is 400 g/mol. The summed E-state index contributed by atoms with van der Waals surface area (Å²) >= 11 is 6.95. The van der Waals surface area contributed by atoms with Crippen LogP contribution >= 0.6 is 23.4 Å². The Hall–Kier alpha value is -2.91. The zero-order chi connectivity index (χ0) is 19.8. The molecule has 8 nitrogen and oxygen atoms in total. The largest absolute Gasteiger partial charge is 0.382 e. The summed E-state index contributed by atoms with van der Waals surface area (Å²) in [5.41, 5.74) is 2.02. The summed E-state index contributed by atoms with van der Waals surface area (Å²) < 4.78 is 1.60. The molecule has 3 heterocycles. The molecule has 1 aromatic carbocycles. The molecule has 1 saturated heterocycles. The Kier molecular flexibility index (Phi) is 4.78. The molecule has 0 unspecified atom stereocenters. The summed E-state index contributed by atoms with van der Waals surface area (Å²) in [4.78, 5) is 32.2. The molecule has 1 fully saturated rings. The Labute approximate surface area is 169 Å². The smallest absolute Gasteiger partial charge is 0.293 e. The average Bonchev–Trinajstić information content (AvgIpc) is 3.21. The lowest BCUT2D eigenvalue weighted by Gasteiger charge is -2.10. The maximum absolute atomic E-state index is 12.5. The number of thioether (sulfide) groups is 1. The summed E-state index contributed by atoms with van der Waals surface area (Å²) in [6.07, 6.45) is 5.00. The number of hydrogen-bond donors (Lipinski definition) is 0. The van der Waals surface area contributed by atoms with Crippen molar-refractivity contribution in [3.8, 4) is 5.69 Å². The summed E-state index contributed by atoms with van der Waals surface area (Å²) in [6, 6.07) is 7.23. The first-order chi connectivity index (χ1) is 13.4. The lowest BCUT2D eigenvalue weighted by atomic mass is 10.2. The molecule has 4 rings (SSSR count). The van der Waals surface area contributed by atoms with E-state index in [2.05, 4.69) is 15.3 Å². The van der Waals surface area contributed by atoms with Gasteiger partial charge in [0.2, 0.25) is 0 Å². The van der Waals surface area contributed by atoms with E-state index in [0.717, 1.165) is 28.4 Å². The molecule has 1 aliphatic heterocycles. The lowest BCUT2D eigenvalue weighted by Crippen LogP contribution is -2.28. The second-order valence-electron chi connectivity index (χ2n) is 6.36. The molecule has 2 aromatic heterocycles. The minimum absolute atomic E-state index is 0.0598. The van der Waals surface area contributed by atoms with E-state index in [4.69, 9.17) is 11.6 Å². The van der Waals surface area contributed by atoms with Gasteiger partial charge < -0.3 is 4.90 Å². The highest BCUT2D eigenvalue weighted by molar-refractivity contribution is 8.18. The third kappa shape index (κ3) is 3.46. The number of halogens is 1. The van der Waals surface area contributed by atoms with Crippen LogP contribution in [0.25, 0.3) is 16.6 Å². The molecule has 0 radical (unpaired) electrons. The van der Waals surface area contributed by atoms with Gasteiger partial charge in [0.1, 0.15) is 5.69 Å². The fourth-order valence-electron chi connectivity index (χ4n) is 2.82. The number of fused-ring (bicyclic) bond motifs is 1. The van der Waals surface area contributed by atoms with Crippen molar-refractivity contribution in [2.24, 2.45) is 0 Å². The lowest BCUT2D eigenvalue weighted by molar-refractivity contribution is -0.123. The summed E-state index contributed by atoms with van der Waals surface area (Å²) in [6.45, 7) is 0.0598. The van der Waals surface area contributed by atoms with Gasteiger partial charge in [0.25, 0.3) is 11.1 Å². The molecule has 142 valence electrons. The Morgan fingerprint density at radius 2 is 2.07 bits per heavy atom. The minimum Gasteiger partial charge on any atom is -0.382 e. The molecule has 2 amide bonds. The Balaban J connectivity index is 1.61. The van der Waals surface area contributed by atoms with Crippen molar-refractivity contribution in [2.75, 3.05) is 14.1 Å². The summed E-state index contributed by atoms with van der Waals surface area (Å²) in [5.74, 6) is -0.331. The molecule has 0 spiro atoms. The minimum atomic E-state index is -0.331. The second kappa shape index (κ2) is 7.25. The van der Waals surface area contributed by atoms with Crippen LogP contribution in [0.1, 0.15) is 5.69 Å². The maximum atomic E-state index is 12.5. The van der Waals surface area contributed by atoms with Gasteiger partial charge in [-0.2, -0.15) is 0 Å². The topological polar surface area (TPSA) is 84.2 Å². The van der Waals surface area contributed by atoms with E-state index in [-0.39, 0.29) is 17.7 Å². The summed E-state index contributed by atoms with van der Waals surface area (Å²) in [7, 11) is 3.59. The highest BCUT2D eigenvalue weighted by Gasteiger charge is 2.35. The van der Waals surface area contributed by atoms with E-state index < -0.39 is 0 Å². The van der Waals surface area contributed by atoms with Crippen LogP contribution in [-0.4, -0.2) is 55.0 Å². The van der Waals surface area contributed by atoms with E-state index in [0.29, 0.717) is 15.6 Å². The maximum Gasteiger partial charge on any atom is 0.293 e. The third-order valence-electron chi connectivity index (χ3n) is 4.04. The molecule has 0 saturated carbocycles. The predicted octanol–water partition coefficient (Wildman–Crippen LogP) is 3.07. The Morgan fingerprint density at radius 1 is 1.25 bits per heavy atom. The van der Waals surface area contributed by atoms with Crippen molar-refractivity contribution >= 4 is 45.4 Å². The number of rotatable bonds is 4. The van der Waals surface area contributed by atoms with Crippen LogP contribution in [0.4, 0.5) is 4.79 Å². The molecule has 28 heavy (non-hydrogen) atoms. The number of carbonyl (C=O) groups is 2. The second-order valence-corrected chi connectivity index (χ2v) is 7.79. The normalized spacial score (nSPS) is 15.8. The SMILES string of the molecule is CN(C)/C=C1\SC(=O)N(Cc2cn(-c3ccnc4cc(Cl)ccc34)nn2)C1=O. The van der Waals surface area contributed by atoms with Gasteiger partial charge in [0.05, 0.1) is 28.9 Å². The van der Waals surface area contributed by atoms with Crippen molar-refractivity contribution in [3.05, 3.63) is 58.5 Å². The first kappa shape index (κ1) is 18.5. The van der Waals surface area contributed by atoms with Gasteiger partial charge in [-0.1, -0.05) is 16.8 Å². The number of imide groups is 1. The van der Waals surface area contributed by atoms with Gasteiger partial charge >= 0.3 is 0 Å². The van der Waals surface area contributed by atoms with Crippen molar-refractivity contribution < 1.29 is 9.59 Å². The quantitative estimate of drug-likeness (QED) is 0.606. The number of carbonyl (C=O) groups excluding carboxylic acids is 2. The first-order valence-electron chi connectivity index (χ1n) is 8.30. The molecule has 1 aliphatic rings. The van der Waals surface area contributed by atoms with Gasteiger partial charge in [-0.25, -0.2) is 4.68 Å². The van der Waals surface area contributed by atoms with E-state index in [1.54, 1.807) is 54.4 Å². The van der Waals surface area contributed by atoms with Crippen LogP contribution < -0.4 is 0 Å². The first-order valence-corrected chi connectivity index (χ1v) is 9.49. The fourth-order valence-corrected chi connectivity index (χ4v) is 3.89. The van der Waals surface area contributed by atoms with E-state index in [1.807, 2.05) is 12.1 Å². The van der Waals surface area contributed by atoms with Gasteiger partial charge in [-0.3, -0.25) is 19.5 Å². The fraction of sp³-hybridized carbons (Fsp3) is 0.167. The molecule has 10 heteroatoms. The standard InChI is InChI=1S/C18H15ClN6O2S/c1-23(2)10-16-17(26)24(18(27)28-16)8-12-9-25(22-21-12)15-5-6-20-14-7-11(19)3-4-13(14)15/h3-7,9-10H,8H2,1-2H3/b16-10-. The van der Waals surface area contributed by atoms with Crippen molar-refractivity contribution in [2.45, 2.75) is 6.54 Å². The summed E-state index contributed by atoms with van der Waals surface area (Å²) in [5, 5.41) is 9.40. The van der Waals surface area contributed by atoms with Gasteiger partial charge in [0.15, 0.2) is 0 Å². The zero-order valence-electron chi connectivity index (χ0n) is 15.0. The number of hydrogen-bond acceptors (Lipinski definition) is 7. The highest BCUT2D eigenvalue weighted by Crippen LogP contribution is 2.31. The number of pyridine rings is 1. The number of amides is 2. The van der Waals surface area contributed by atoms with Crippen LogP contribution in [-0.2, 0) is 11.3 Å². The Bertz CT molecular complexity index is 1130. The molecule has 0 atom stereocenters. The molecular formula is C18H15ClN6O2S. The number of benzene rings is 1. The van der Waals surface area contributed by atoms with Gasteiger partial charge in [-0.05, 0) is 36.0 Å². The highest BCUT2D eigenvalue weighted by atomic mass is 35.5. The zero-order valence-corrected chi connectivity index (χ0v) is 16.6. The number of aromatic nitrogens is 4. The van der Waals surface area contributed by atoms with Gasteiger partial charge in [-0.15, -0.1) is 5.10 Å². The van der Waals surface area contributed by atoms with Gasteiger partial charge in [0, 0.05) is 36.9 Å². The molecule has 0 aliphatic carbocycles. The van der Waals surface area contributed by atoms with Crippen molar-refractivity contribution in [3.63, 3.8) is 0 Å². The predicted molar refractivity (Wildman–Crippen MR) is 107 cm³/mol. The van der Waals surface area contributed by atoms with Crippen LogP contribution in [0.5, 0.6) is 0 Å². The molecule has 0 N–H and O–H groups in total. The monoisotopic (exact) mass is 414 g/mol. The van der Waals surface area contributed by atoms with Crippen LogP contribution in [0.2, 0.25) is 5.02 Å². The third-order valence-corrected chi connectivity index (χ3v) is 5.17. The van der Waals surface area contributed by atoms with Crippen LogP contribution in [0, 0.1) is 0 Å².